The van der Waals surface area contributed by atoms with Crippen LogP contribution in [0.15, 0.2) is 0 Å². The Hall–Kier alpha value is -1.54. The van der Waals surface area contributed by atoms with Crippen LogP contribution in [0.4, 0.5) is 0 Å². The molecule has 0 spiro atoms. The predicted octanol–water partition coefficient (Wildman–Crippen LogP) is -0.934. The molecule has 0 aromatic carbocycles. The molecule has 1 amide bonds. The molecule has 76 valence electrons. The van der Waals surface area contributed by atoms with Crippen molar-refractivity contribution in [3.8, 4) is 12.3 Å². The molecule has 5 nitrogen and oxygen atoms in total. The Morgan fingerprint density at radius 3 is 2.86 bits per heavy atom. The van der Waals surface area contributed by atoms with Crippen LogP contribution in [0.1, 0.15) is 6.92 Å². The lowest BCUT2D eigenvalue weighted by Crippen LogP contribution is -2.31. The second-order valence-corrected chi connectivity index (χ2v) is 2.65. The molecule has 1 heterocycles. The van der Waals surface area contributed by atoms with Crippen molar-refractivity contribution in [1.29, 1.82) is 0 Å². The number of terminal acetylenes is 1. The molecule has 1 rings (SSSR count). The summed E-state index contributed by atoms with van der Waals surface area (Å²) >= 11 is 0. The van der Waals surface area contributed by atoms with Crippen molar-refractivity contribution < 1.29 is 19.1 Å². The highest BCUT2D eigenvalue weighted by atomic mass is 16.6. The lowest BCUT2D eigenvalue weighted by molar-refractivity contribution is -0.144. The molecule has 0 aliphatic carbocycles. The zero-order valence-corrected chi connectivity index (χ0v) is 7.78. The van der Waals surface area contributed by atoms with E-state index in [2.05, 4.69) is 16.0 Å². The number of amides is 1. The van der Waals surface area contributed by atoms with E-state index in [9.17, 15) is 9.59 Å². The van der Waals surface area contributed by atoms with E-state index < -0.39 is 18.2 Å². The molecule has 0 saturated carbocycles. The Kier molecular flexibility index (Phi) is 3.48. The third kappa shape index (κ3) is 2.47. The quantitative estimate of drug-likeness (QED) is 0.359. The highest BCUT2D eigenvalue weighted by Crippen LogP contribution is 2.23. The fraction of sp³-hybridized carbons (Fsp3) is 0.556. The summed E-state index contributed by atoms with van der Waals surface area (Å²) in [6, 6.07) is 0. The first-order valence-electron chi connectivity index (χ1n) is 4.24. The summed E-state index contributed by atoms with van der Waals surface area (Å²) in [4.78, 5) is 22.2. The first kappa shape index (κ1) is 10.5. The van der Waals surface area contributed by atoms with Gasteiger partial charge in [-0.1, -0.05) is 5.92 Å². The van der Waals surface area contributed by atoms with Crippen molar-refractivity contribution in [2.24, 2.45) is 0 Å². The summed E-state index contributed by atoms with van der Waals surface area (Å²) < 4.78 is 9.50. The molecule has 5 heteroatoms. The molecule has 0 aromatic rings. The van der Waals surface area contributed by atoms with E-state index in [-0.39, 0.29) is 19.1 Å². The molecular formula is C9H11NO4. The highest BCUT2D eigenvalue weighted by Gasteiger charge is 2.51. The summed E-state index contributed by atoms with van der Waals surface area (Å²) in [5.74, 6) is 1.37. The van der Waals surface area contributed by atoms with Crippen molar-refractivity contribution in [3.63, 3.8) is 0 Å². The zero-order valence-electron chi connectivity index (χ0n) is 7.78. The normalized spacial score (nSPS) is 23.4. The molecule has 1 N–H and O–H groups in total. The monoisotopic (exact) mass is 197 g/mol. The summed E-state index contributed by atoms with van der Waals surface area (Å²) in [6.07, 6.45) is 3.45. The maximum absolute atomic E-state index is 11.1. The van der Waals surface area contributed by atoms with E-state index in [1.165, 1.54) is 0 Å². The maximum atomic E-state index is 11.1. The van der Waals surface area contributed by atoms with E-state index >= 15 is 0 Å². The molecule has 1 aliphatic heterocycles. The Morgan fingerprint density at radius 1 is 1.57 bits per heavy atom. The standard InChI is InChI=1S/C9H11NO4/c1-3-5-10-8(11)6-7(14-6)9(12)13-4-2/h1,6-7H,4-5H2,2H3,(H,10,11)/t6-,7-/m1/s1. The first-order valence-corrected chi connectivity index (χ1v) is 4.24. The third-order valence-electron chi connectivity index (χ3n) is 1.63. The number of carbonyl (C=O) groups is 2. The smallest absolute Gasteiger partial charge is 0.338 e. The van der Waals surface area contributed by atoms with Gasteiger partial charge >= 0.3 is 5.97 Å². The van der Waals surface area contributed by atoms with Gasteiger partial charge in [-0.3, -0.25) is 4.79 Å². The van der Waals surface area contributed by atoms with Gasteiger partial charge in [0.05, 0.1) is 13.2 Å². The van der Waals surface area contributed by atoms with Gasteiger partial charge in [0.2, 0.25) is 0 Å². The molecule has 0 unspecified atom stereocenters. The average molecular weight is 197 g/mol. The van der Waals surface area contributed by atoms with Crippen LogP contribution < -0.4 is 5.32 Å². The fourth-order valence-corrected chi connectivity index (χ4v) is 0.954. The Balaban J connectivity index is 2.28. The van der Waals surface area contributed by atoms with Crippen LogP contribution in [-0.2, 0) is 19.1 Å². The van der Waals surface area contributed by atoms with Gasteiger partial charge in [0, 0.05) is 0 Å². The van der Waals surface area contributed by atoms with Gasteiger partial charge in [-0.15, -0.1) is 6.42 Å². The molecule has 0 radical (unpaired) electrons. The Bertz CT molecular complexity index is 281. The van der Waals surface area contributed by atoms with Crippen LogP contribution in [-0.4, -0.2) is 37.2 Å². The topological polar surface area (TPSA) is 67.9 Å². The maximum Gasteiger partial charge on any atom is 0.338 e. The lowest BCUT2D eigenvalue weighted by atomic mass is 10.3. The summed E-state index contributed by atoms with van der Waals surface area (Å²) in [5, 5.41) is 2.41. The second kappa shape index (κ2) is 4.63. The van der Waals surface area contributed by atoms with Crippen molar-refractivity contribution in [3.05, 3.63) is 0 Å². The number of hydrogen-bond acceptors (Lipinski definition) is 4. The first-order chi connectivity index (χ1) is 6.70. The summed E-state index contributed by atoms with van der Waals surface area (Å²) in [5.41, 5.74) is 0. The predicted molar refractivity (Wildman–Crippen MR) is 47.1 cm³/mol. The van der Waals surface area contributed by atoms with Gasteiger partial charge in [-0.05, 0) is 6.92 Å². The Morgan fingerprint density at radius 2 is 2.29 bits per heavy atom. The molecular weight excluding hydrogens is 186 g/mol. The fourth-order valence-electron chi connectivity index (χ4n) is 0.954. The number of carbonyl (C=O) groups excluding carboxylic acids is 2. The van der Waals surface area contributed by atoms with Crippen LogP contribution in [0.3, 0.4) is 0 Å². The van der Waals surface area contributed by atoms with Gasteiger partial charge in [-0.2, -0.15) is 0 Å². The van der Waals surface area contributed by atoms with Gasteiger partial charge < -0.3 is 14.8 Å². The molecule has 0 aromatic heterocycles. The van der Waals surface area contributed by atoms with E-state index in [0.717, 1.165) is 0 Å². The summed E-state index contributed by atoms with van der Waals surface area (Å²) in [7, 11) is 0. The molecule has 2 atom stereocenters. The second-order valence-electron chi connectivity index (χ2n) is 2.65. The zero-order chi connectivity index (χ0) is 10.6. The van der Waals surface area contributed by atoms with E-state index in [1.807, 2.05) is 0 Å². The van der Waals surface area contributed by atoms with Gasteiger partial charge in [0.25, 0.3) is 5.91 Å². The third-order valence-corrected chi connectivity index (χ3v) is 1.63. The number of esters is 1. The van der Waals surface area contributed by atoms with Crippen molar-refractivity contribution in [2.45, 2.75) is 19.1 Å². The van der Waals surface area contributed by atoms with Crippen molar-refractivity contribution in [2.75, 3.05) is 13.2 Å². The van der Waals surface area contributed by atoms with Crippen LogP contribution >= 0.6 is 0 Å². The number of hydrogen-bond donors (Lipinski definition) is 1. The van der Waals surface area contributed by atoms with Crippen LogP contribution in [0.5, 0.6) is 0 Å². The lowest BCUT2D eigenvalue weighted by Gasteiger charge is -1.97. The average Bonchev–Trinajstić information content (AvgIpc) is 2.94. The van der Waals surface area contributed by atoms with Crippen LogP contribution in [0.25, 0.3) is 0 Å². The van der Waals surface area contributed by atoms with Crippen LogP contribution in [0, 0.1) is 12.3 Å². The molecule has 14 heavy (non-hydrogen) atoms. The van der Waals surface area contributed by atoms with E-state index in [0.29, 0.717) is 0 Å². The van der Waals surface area contributed by atoms with E-state index in [1.54, 1.807) is 6.92 Å². The number of ether oxygens (including phenoxy) is 2. The van der Waals surface area contributed by atoms with Gasteiger partial charge in [0.15, 0.2) is 12.2 Å². The molecule has 1 saturated heterocycles. The van der Waals surface area contributed by atoms with Crippen molar-refractivity contribution in [1.82, 2.24) is 5.32 Å². The molecule has 1 fully saturated rings. The number of nitrogens with one attached hydrogen (secondary N) is 1. The summed E-state index contributed by atoms with van der Waals surface area (Å²) in [6.45, 7) is 2.10. The highest BCUT2D eigenvalue weighted by molar-refractivity contribution is 5.92. The van der Waals surface area contributed by atoms with Gasteiger partial charge in [0.1, 0.15) is 0 Å². The largest absolute Gasteiger partial charge is 0.464 e. The minimum absolute atomic E-state index is 0.133. The van der Waals surface area contributed by atoms with Crippen molar-refractivity contribution >= 4 is 11.9 Å². The molecule has 1 aliphatic rings. The van der Waals surface area contributed by atoms with Crippen LogP contribution in [0.2, 0.25) is 0 Å². The van der Waals surface area contributed by atoms with E-state index in [4.69, 9.17) is 11.2 Å². The SMILES string of the molecule is C#CCNC(=O)[C@@H]1O[C@H]1C(=O)OCC. The molecule has 0 bridgehead atoms. The number of epoxide rings is 1. The Labute approximate surface area is 81.8 Å². The number of rotatable bonds is 4. The minimum atomic E-state index is -0.757. The van der Waals surface area contributed by atoms with Gasteiger partial charge in [-0.25, -0.2) is 4.79 Å². The minimum Gasteiger partial charge on any atom is -0.464 e.